The molecule has 1 N–H and O–H groups in total. The van der Waals surface area contributed by atoms with E-state index in [-0.39, 0.29) is 0 Å². The Bertz CT molecular complexity index is 232. The first-order chi connectivity index (χ1) is 9.09. The van der Waals surface area contributed by atoms with E-state index < -0.39 is 0 Å². The van der Waals surface area contributed by atoms with Crippen LogP contribution in [-0.4, -0.2) is 12.1 Å². The summed E-state index contributed by atoms with van der Waals surface area (Å²) >= 11 is 0. The molecule has 0 aromatic heterocycles. The van der Waals surface area contributed by atoms with Crippen molar-refractivity contribution in [3.05, 3.63) is 0 Å². The van der Waals surface area contributed by atoms with Gasteiger partial charge in [0.2, 0.25) is 0 Å². The maximum atomic E-state index is 4.12. The molecule has 2 fully saturated rings. The molecule has 112 valence electrons. The van der Waals surface area contributed by atoms with Gasteiger partial charge in [-0.3, -0.25) is 0 Å². The number of rotatable bonds is 4. The van der Waals surface area contributed by atoms with Crippen LogP contribution >= 0.6 is 0 Å². The maximum absolute atomic E-state index is 4.12. The lowest BCUT2D eigenvalue weighted by Gasteiger charge is -2.42. The summed E-state index contributed by atoms with van der Waals surface area (Å²) in [5.41, 5.74) is 0. The van der Waals surface area contributed by atoms with E-state index in [0.29, 0.717) is 0 Å². The first-order valence-corrected chi connectivity index (χ1v) is 8.85. The van der Waals surface area contributed by atoms with Crippen LogP contribution in [0.25, 0.3) is 0 Å². The van der Waals surface area contributed by atoms with E-state index in [1.807, 2.05) is 0 Å². The number of nitrogens with one attached hydrogen (secondary N) is 1. The fraction of sp³-hybridized carbons (Fsp3) is 1.00. The highest BCUT2D eigenvalue weighted by Crippen LogP contribution is 2.34. The van der Waals surface area contributed by atoms with Crippen molar-refractivity contribution >= 4 is 0 Å². The third kappa shape index (κ3) is 3.97. The zero-order chi connectivity index (χ0) is 13.8. The lowest BCUT2D eigenvalue weighted by atomic mass is 9.74. The van der Waals surface area contributed by atoms with Crippen LogP contribution in [0.4, 0.5) is 0 Å². The molecule has 19 heavy (non-hydrogen) atoms. The van der Waals surface area contributed by atoms with Crippen LogP contribution in [0.3, 0.4) is 0 Å². The summed E-state index contributed by atoms with van der Waals surface area (Å²) in [4.78, 5) is 0. The molecule has 1 heteroatoms. The Morgan fingerprint density at radius 2 is 1.00 bits per heavy atom. The average molecular weight is 265 g/mol. The van der Waals surface area contributed by atoms with Gasteiger partial charge in [-0.05, 0) is 49.4 Å². The van der Waals surface area contributed by atoms with Crippen LogP contribution in [0, 0.1) is 23.7 Å². The van der Waals surface area contributed by atoms with Crippen molar-refractivity contribution < 1.29 is 0 Å². The summed E-state index contributed by atoms with van der Waals surface area (Å²) < 4.78 is 0. The Labute approximate surface area is 120 Å². The molecule has 0 unspecified atom stereocenters. The van der Waals surface area contributed by atoms with Crippen LogP contribution in [0.1, 0.15) is 79.1 Å². The highest BCUT2D eigenvalue weighted by molar-refractivity contribution is 4.90. The van der Waals surface area contributed by atoms with Crippen molar-refractivity contribution in [1.29, 1.82) is 0 Å². The Morgan fingerprint density at radius 3 is 1.37 bits per heavy atom. The van der Waals surface area contributed by atoms with Crippen LogP contribution in [0.2, 0.25) is 0 Å². The fourth-order valence-electron chi connectivity index (χ4n) is 4.60. The number of hydrogen-bond acceptors (Lipinski definition) is 1. The Hall–Kier alpha value is -0.0400. The van der Waals surface area contributed by atoms with E-state index in [1.54, 1.807) is 0 Å². The SMILES string of the molecule is CC(C)[C@H]1CCCC[C@@H]1N[C@H]1CCCC[C@H]1C(C)C. The lowest BCUT2D eigenvalue weighted by Crippen LogP contribution is -2.50. The van der Waals surface area contributed by atoms with E-state index in [2.05, 4.69) is 33.0 Å². The molecule has 2 saturated carbocycles. The van der Waals surface area contributed by atoms with Gasteiger partial charge in [-0.1, -0.05) is 53.4 Å². The zero-order valence-corrected chi connectivity index (χ0v) is 13.6. The van der Waals surface area contributed by atoms with Crippen molar-refractivity contribution in [3.8, 4) is 0 Å². The molecule has 0 aliphatic heterocycles. The van der Waals surface area contributed by atoms with Gasteiger partial charge in [0.15, 0.2) is 0 Å². The lowest BCUT2D eigenvalue weighted by molar-refractivity contribution is 0.137. The highest BCUT2D eigenvalue weighted by atomic mass is 15.0. The number of hydrogen-bond donors (Lipinski definition) is 1. The predicted molar refractivity (Wildman–Crippen MR) is 84.3 cm³/mol. The van der Waals surface area contributed by atoms with Gasteiger partial charge in [-0.2, -0.15) is 0 Å². The summed E-state index contributed by atoms with van der Waals surface area (Å²) in [5, 5.41) is 4.12. The summed E-state index contributed by atoms with van der Waals surface area (Å²) in [5.74, 6) is 3.53. The molecule has 4 atom stereocenters. The van der Waals surface area contributed by atoms with Gasteiger partial charge in [0.25, 0.3) is 0 Å². The van der Waals surface area contributed by atoms with Crippen LogP contribution in [0.5, 0.6) is 0 Å². The molecule has 0 aromatic rings. The quantitative estimate of drug-likeness (QED) is 0.754. The van der Waals surface area contributed by atoms with E-state index in [9.17, 15) is 0 Å². The third-order valence-electron chi connectivity index (χ3n) is 5.78. The minimum Gasteiger partial charge on any atom is -0.311 e. The largest absolute Gasteiger partial charge is 0.311 e. The second-order valence-electron chi connectivity index (χ2n) is 7.76. The maximum Gasteiger partial charge on any atom is 0.0100 e. The molecular formula is C18H35N. The molecule has 0 spiro atoms. The molecule has 0 amide bonds. The molecule has 2 rings (SSSR count). The van der Waals surface area contributed by atoms with Gasteiger partial charge in [0.05, 0.1) is 0 Å². The van der Waals surface area contributed by atoms with Gasteiger partial charge in [0, 0.05) is 12.1 Å². The van der Waals surface area contributed by atoms with Gasteiger partial charge in [-0.15, -0.1) is 0 Å². The minimum atomic E-state index is 0.804. The van der Waals surface area contributed by atoms with Crippen LogP contribution in [-0.2, 0) is 0 Å². The van der Waals surface area contributed by atoms with Crippen molar-refractivity contribution in [2.24, 2.45) is 23.7 Å². The van der Waals surface area contributed by atoms with Gasteiger partial charge in [-0.25, -0.2) is 0 Å². The van der Waals surface area contributed by atoms with Gasteiger partial charge >= 0.3 is 0 Å². The fourth-order valence-corrected chi connectivity index (χ4v) is 4.60. The molecule has 2 aliphatic rings. The standard InChI is InChI=1S/C18H35N/c1-13(2)15-9-5-7-11-17(15)19-18-12-8-6-10-16(18)14(3)4/h13-19H,5-12H2,1-4H3/t15-,16+,17-,18-/m0/s1. The summed E-state index contributed by atoms with van der Waals surface area (Å²) in [6.07, 6.45) is 11.6. The second kappa shape index (κ2) is 7.11. The highest BCUT2D eigenvalue weighted by Gasteiger charge is 2.33. The predicted octanol–water partition coefficient (Wildman–Crippen LogP) is 5.01. The minimum absolute atomic E-state index is 0.804. The summed E-state index contributed by atoms with van der Waals surface area (Å²) in [6, 6.07) is 1.61. The average Bonchev–Trinajstić information content (AvgIpc) is 2.39. The van der Waals surface area contributed by atoms with E-state index in [4.69, 9.17) is 0 Å². The second-order valence-corrected chi connectivity index (χ2v) is 7.76. The normalized spacial score (nSPS) is 36.9. The van der Waals surface area contributed by atoms with Crippen molar-refractivity contribution in [2.45, 2.75) is 91.1 Å². The van der Waals surface area contributed by atoms with E-state index in [0.717, 1.165) is 35.8 Å². The Balaban J connectivity index is 1.96. The van der Waals surface area contributed by atoms with Crippen LogP contribution < -0.4 is 5.32 Å². The molecule has 0 radical (unpaired) electrons. The molecule has 2 aliphatic carbocycles. The topological polar surface area (TPSA) is 12.0 Å². The molecule has 0 saturated heterocycles. The van der Waals surface area contributed by atoms with Crippen molar-refractivity contribution in [3.63, 3.8) is 0 Å². The Morgan fingerprint density at radius 1 is 0.632 bits per heavy atom. The van der Waals surface area contributed by atoms with E-state index in [1.165, 1.54) is 51.4 Å². The van der Waals surface area contributed by atoms with Gasteiger partial charge < -0.3 is 5.32 Å². The Kier molecular flexibility index (Phi) is 5.74. The summed E-state index contributed by atoms with van der Waals surface area (Å²) in [6.45, 7) is 9.69. The monoisotopic (exact) mass is 265 g/mol. The van der Waals surface area contributed by atoms with E-state index >= 15 is 0 Å². The van der Waals surface area contributed by atoms with Crippen LogP contribution in [0.15, 0.2) is 0 Å². The first kappa shape index (κ1) is 15.4. The zero-order valence-electron chi connectivity index (χ0n) is 13.6. The molecule has 0 bridgehead atoms. The first-order valence-electron chi connectivity index (χ1n) is 8.85. The molecule has 1 nitrogen and oxygen atoms in total. The van der Waals surface area contributed by atoms with Crippen molar-refractivity contribution in [2.75, 3.05) is 0 Å². The smallest absolute Gasteiger partial charge is 0.0100 e. The third-order valence-corrected chi connectivity index (χ3v) is 5.78. The molecular weight excluding hydrogens is 230 g/mol. The molecule has 0 aromatic carbocycles. The summed E-state index contributed by atoms with van der Waals surface area (Å²) in [7, 11) is 0. The van der Waals surface area contributed by atoms with Gasteiger partial charge in [0.1, 0.15) is 0 Å². The molecule has 0 heterocycles. The van der Waals surface area contributed by atoms with Crippen molar-refractivity contribution in [1.82, 2.24) is 5.32 Å².